The van der Waals surface area contributed by atoms with Crippen molar-refractivity contribution in [3.8, 4) is 56.3 Å². The minimum Gasteiger partial charge on any atom is -0.381 e. The summed E-state index contributed by atoms with van der Waals surface area (Å²) in [5.41, 5.74) is 30.2. The van der Waals surface area contributed by atoms with E-state index in [-0.39, 0.29) is 147 Å². The van der Waals surface area contributed by atoms with Gasteiger partial charge in [0.1, 0.15) is 27.8 Å². The third-order valence-electron chi connectivity index (χ3n) is 19.3. The topological polar surface area (TPSA) is 580 Å². The quantitative estimate of drug-likeness (QED) is 0.0341. The highest BCUT2D eigenvalue weighted by atomic mass is 19.2. The van der Waals surface area contributed by atoms with Crippen LogP contribution in [0, 0.1) is 58.2 Å². The second-order valence-electron chi connectivity index (χ2n) is 28.1. The van der Waals surface area contributed by atoms with Crippen LogP contribution in [0.15, 0.2) is 187 Å². The highest BCUT2D eigenvalue weighted by Crippen LogP contribution is 2.37. The zero-order valence-electron chi connectivity index (χ0n) is 73.8. The Kier molecular flexibility index (Phi) is 22.4. The molecule has 0 aliphatic rings. The van der Waals surface area contributed by atoms with E-state index in [1.165, 1.54) is 74.9 Å². The van der Waals surface area contributed by atoms with Crippen molar-refractivity contribution in [3.05, 3.63) is 272 Å². The summed E-state index contributed by atoms with van der Waals surface area (Å²) < 4.78 is 189. The van der Waals surface area contributed by atoms with Crippen LogP contribution in [0.25, 0.3) is 84.5 Å². The predicted molar refractivity (Wildman–Crippen MR) is 459 cm³/mol. The second kappa shape index (κ2) is 36.7. The van der Waals surface area contributed by atoms with Gasteiger partial charge < -0.3 is 78.1 Å². The molecule has 20 aromatic rings. The van der Waals surface area contributed by atoms with E-state index in [1.54, 1.807) is 46.5 Å². The molecule has 15 N–H and O–H groups in total. The van der Waals surface area contributed by atoms with Gasteiger partial charge in [0.25, 0.3) is 29.5 Å². The molecule has 0 bridgehead atoms. The van der Waals surface area contributed by atoms with Crippen molar-refractivity contribution in [2.24, 2.45) is 35.2 Å². The molecule has 0 aromatic carbocycles. The molecule has 0 atom stereocenters. The van der Waals surface area contributed by atoms with E-state index in [2.05, 4.69) is 127 Å². The summed E-state index contributed by atoms with van der Waals surface area (Å²) in [4.78, 5) is 121. The van der Waals surface area contributed by atoms with Crippen LogP contribution in [0.1, 0.15) is 58.6 Å². The number of pyridine rings is 5. The number of nitrogens with one attached hydrogen (secondary N) is 5. The van der Waals surface area contributed by atoms with Gasteiger partial charge in [-0.05, 0) is 0 Å². The zero-order chi connectivity index (χ0) is 99.9. The number of nitrogens with two attached hydrogens (primary N) is 5. The number of nitrogens with zero attached hydrogens (tertiary/aromatic N) is 30. The number of aromatic nitrogens is 30. The fourth-order valence-electron chi connectivity index (χ4n) is 13.4. The number of hydrogen-bond donors (Lipinski definition) is 10. The summed E-state index contributed by atoms with van der Waals surface area (Å²) in [7, 11) is 6.72. The molecule has 20 aromatic heterocycles. The number of rotatable bonds is 15. The Labute approximate surface area is 752 Å². The molecule has 0 radical (unpaired) electrons. The van der Waals surface area contributed by atoms with E-state index in [4.69, 9.17) is 35.5 Å². The van der Waals surface area contributed by atoms with Crippen LogP contribution in [-0.4, -0.2) is 175 Å². The molecule has 20 heterocycles. The lowest BCUT2D eigenvalue weighted by Gasteiger charge is -2.11. The van der Waals surface area contributed by atoms with Crippen LogP contribution in [0.2, 0.25) is 0 Å². The third kappa shape index (κ3) is 17.8. The summed E-state index contributed by atoms with van der Waals surface area (Å²) in [5.74, 6) is -12.0. The maximum atomic E-state index is 14.6. The Bertz CT molecular complexity index is 7960. The summed E-state index contributed by atoms with van der Waals surface area (Å²) in [5, 5.41) is 31.8. The van der Waals surface area contributed by atoms with Gasteiger partial charge >= 0.3 is 0 Å². The fourth-order valence-corrected chi connectivity index (χ4v) is 13.4. The first kappa shape index (κ1) is 82.5. The average molecular weight is 1860 g/mol. The summed E-state index contributed by atoms with van der Waals surface area (Å²) >= 11 is 0. The normalized spacial score (nSPS) is 11.7. The van der Waals surface area contributed by atoms with Gasteiger partial charge in [0, 0.05) is 39.3 Å². The minimum absolute atomic E-state index is 0.0233. The number of anilines is 10. The number of halogens is 10. The van der Waals surface area contributed by atoms with E-state index < -0.39 is 107 Å². The van der Waals surface area contributed by atoms with Gasteiger partial charge in [-0.2, -0.15) is 0 Å². The van der Waals surface area contributed by atoms with E-state index in [0.29, 0.717) is 22.8 Å². The monoisotopic (exact) mass is 1860 g/mol. The van der Waals surface area contributed by atoms with Crippen LogP contribution < -0.4 is 55.3 Å². The molecule has 45 nitrogen and oxygen atoms in total. The van der Waals surface area contributed by atoms with E-state index >= 15 is 0 Å². The molecule has 0 aliphatic heterocycles. The molecule has 135 heavy (non-hydrogen) atoms. The van der Waals surface area contributed by atoms with E-state index in [0.717, 1.165) is 126 Å². The fraction of sp³-hybridized carbons (Fsp3) is 0.0625. The number of aryl methyl sites for hydroxylation is 5. The van der Waals surface area contributed by atoms with Crippen molar-refractivity contribution >= 4 is 115 Å². The largest absolute Gasteiger partial charge is 0.381 e. The molecule has 5 amide bonds. The smallest absolute Gasteiger partial charge is 0.263 e. The van der Waals surface area contributed by atoms with Crippen molar-refractivity contribution in [2.45, 2.75) is 0 Å². The molecule has 0 unspecified atom stereocenters. The lowest BCUT2D eigenvalue weighted by Crippen LogP contribution is -2.15. The van der Waals surface area contributed by atoms with Crippen LogP contribution in [0.3, 0.4) is 0 Å². The molecule has 0 spiro atoms. The van der Waals surface area contributed by atoms with Gasteiger partial charge in [0.15, 0.2) is 115 Å². The van der Waals surface area contributed by atoms with Crippen LogP contribution in [-0.2, 0) is 35.2 Å². The van der Waals surface area contributed by atoms with Gasteiger partial charge in [-0.3, -0.25) is 48.9 Å². The predicted octanol–water partition coefficient (Wildman–Crippen LogP) is 8.19. The highest BCUT2D eigenvalue weighted by Gasteiger charge is 2.31. The SMILES string of the molecule is Cn1cncc1-c1c(F)cncc1N[13C](=O)c1c(N)nn2cc(F)cnc12.[13CH3]n1cncc1-c1c(F)cncc1NC(=O)c1c2ncc(F)cn2n[13c]1N.[2H]C([2H])([2H])n1cncc1-c1c(F)cncc1NC(=O)c1c2ncc(F)cn2n[13c]1N.[2H]c1nc2c(C(=O)Nc3cncc(F)c3-c3cncn3C)[13c](N)nn2cc1F.[2H]c1nc2c(C(=O)Nc3cncc(F)c3-c3cncn3[13CH3])c(N)nn2cc1F. The Hall–Kier alpha value is -19.4. The van der Waals surface area contributed by atoms with E-state index in [9.17, 15) is 67.9 Å². The molecule has 0 saturated carbocycles. The lowest BCUT2D eigenvalue weighted by atomic mass is 10.1. The first-order valence-electron chi connectivity index (χ1n) is 40.4. The van der Waals surface area contributed by atoms with Gasteiger partial charge in [-0.25, -0.2) is 116 Å². The van der Waals surface area contributed by atoms with Crippen molar-refractivity contribution in [1.82, 2.24) is 146 Å². The lowest BCUT2D eigenvalue weighted by molar-refractivity contribution is 0.102. The molecule has 20 rings (SSSR count). The molecule has 55 heteroatoms. The number of fused-ring (bicyclic) bond motifs is 5. The standard InChI is InChI=1S/5C16H12F2N8O/c5*1-25-7-21-5-11(25)12-9(18)3-20-4-10(12)23-16(27)13-14(19)24-26-6-8(17)2-22-15(13)26/h5*2-7H,1H3,(H2,19,24)(H,23,27)/i2D,14+1;1+1,14+1;1+1,2D;1D3,14+1;16+1. The maximum Gasteiger partial charge on any atom is 0.263 e. The van der Waals surface area contributed by atoms with Crippen molar-refractivity contribution in [3.63, 3.8) is 0 Å². The van der Waals surface area contributed by atoms with Gasteiger partial charge in [0.2, 0.25) is 0 Å². The van der Waals surface area contributed by atoms with Gasteiger partial charge in [-0.15, -0.1) is 25.5 Å². The van der Waals surface area contributed by atoms with Gasteiger partial charge in [0.05, 0.1) is 274 Å². The number of hydrogen-bond acceptors (Lipinski definition) is 30. The molecular formula is C80H60F10N40O5. The molecule has 0 saturated heterocycles. The minimum atomic E-state index is -2.64. The third-order valence-corrected chi connectivity index (χ3v) is 19.3. The highest BCUT2D eigenvalue weighted by molar-refractivity contribution is 6.16. The van der Waals surface area contributed by atoms with Crippen LogP contribution >= 0.6 is 0 Å². The van der Waals surface area contributed by atoms with Gasteiger partial charge in [-0.1, -0.05) is 0 Å². The number of nitrogen functional groups attached to an aromatic ring is 5. The van der Waals surface area contributed by atoms with Crippen molar-refractivity contribution in [2.75, 3.05) is 55.3 Å². The first-order chi connectivity index (χ1) is 66.8. The van der Waals surface area contributed by atoms with Crippen molar-refractivity contribution < 1.29 is 74.7 Å². The maximum absolute atomic E-state index is 14.6. The second-order valence-corrected chi connectivity index (χ2v) is 28.1. The Morgan fingerprint density at radius 2 is 0.474 bits per heavy atom. The Morgan fingerprint density at radius 1 is 0.274 bits per heavy atom. The number of carbonyl (C=O) groups excluding carboxylic acids is 5. The molecule has 0 aliphatic carbocycles. The number of carbonyl (C=O) groups is 5. The van der Waals surface area contributed by atoms with E-state index in [1.807, 2.05) is 0 Å². The molecular weight excluding hydrogens is 1800 g/mol. The number of amides is 5. The molecule has 0 fully saturated rings. The van der Waals surface area contributed by atoms with Crippen molar-refractivity contribution in [1.29, 1.82) is 0 Å². The first-order valence-corrected chi connectivity index (χ1v) is 37.9. The van der Waals surface area contributed by atoms with Crippen LogP contribution in [0.5, 0.6) is 0 Å². The number of imidazole rings is 5. The summed E-state index contributed by atoms with van der Waals surface area (Å²) in [6, 6.07) is 0. The van der Waals surface area contributed by atoms with Crippen LogP contribution in [0.4, 0.5) is 101 Å². The average Bonchev–Trinajstić information content (AvgIpc) is 1.63. The Balaban J connectivity index is 0.000000126. The Morgan fingerprint density at radius 3 is 0.689 bits per heavy atom. The summed E-state index contributed by atoms with van der Waals surface area (Å²) in [6.07, 6.45) is 31.5. The summed E-state index contributed by atoms with van der Waals surface area (Å²) in [6.45, 7) is -2.64. The molecule has 680 valence electrons. The zero-order valence-corrected chi connectivity index (χ0v) is 68.8.